The van der Waals surface area contributed by atoms with Crippen molar-refractivity contribution in [2.75, 3.05) is 25.6 Å². The fraction of sp³-hybridized carbons (Fsp3) is 0.500. The minimum absolute atomic E-state index is 0.00190. The minimum atomic E-state index is -4.77. The maximum absolute atomic E-state index is 14.0. The van der Waals surface area contributed by atoms with Crippen LogP contribution in [-0.4, -0.2) is 67.3 Å². The number of methoxy groups -OCH3 is 1. The zero-order valence-corrected chi connectivity index (χ0v) is 20.6. The molecule has 2 fully saturated rings. The molecular weight excluding hydrogens is 534 g/mol. The zero-order valence-electron chi connectivity index (χ0n) is 20.6. The summed E-state index contributed by atoms with van der Waals surface area (Å²) in [5, 5.41) is 11.7. The number of anilines is 1. The molecule has 2 aromatic rings. The molecule has 15 heteroatoms. The van der Waals surface area contributed by atoms with Gasteiger partial charge in [-0.1, -0.05) is 0 Å². The fourth-order valence-corrected chi connectivity index (χ4v) is 4.84. The number of ether oxygens (including phenoxy) is 2. The van der Waals surface area contributed by atoms with Crippen LogP contribution >= 0.6 is 0 Å². The Balaban J connectivity index is 1.49. The van der Waals surface area contributed by atoms with E-state index in [1.807, 2.05) is 0 Å². The molecule has 39 heavy (non-hydrogen) atoms. The first-order valence-electron chi connectivity index (χ1n) is 12.2. The summed E-state index contributed by atoms with van der Waals surface area (Å²) in [6, 6.07) is 2.56. The third-order valence-electron chi connectivity index (χ3n) is 7.01. The van der Waals surface area contributed by atoms with E-state index in [0.717, 1.165) is 39.0 Å². The second-order valence-corrected chi connectivity index (χ2v) is 9.75. The highest BCUT2D eigenvalue weighted by molar-refractivity contribution is 6.21. The van der Waals surface area contributed by atoms with Crippen molar-refractivity contribution in [1.29, 1.82) is 0 Å². The van der Waals surface area contributed by atoms with Crippen molar-refractivity contribution < 1.29 is 40.6 Å². The number of fused-ring (bicyclic) bond motifs is 1. The number of aliphatic imine (C=N–C) groups is 1. The summed E-state index contributed by atoms with van der Waals surface area (Å²) in [6.07, 6.45) is -5.22. The molecule has 1 spiro atoms. The Morgan fingerprint density at radius 3 is 2.56 bits per heavy atom. The van der Waals surface area contributed by atoms with Crippen LogP contribution in [0, 0.1) is 0 Å². The Kier molecular flexibility index (Phi) is 6.91. The fourth-order valence-electron chi connectivity index (χ4n) is 4.84. The lowest BCUT2D eigenvalue weighted by Crippen LogP contribution is -2.55. The summed E-state index contributed by atoms with van der Waals surface area (Å²) < 4.78 is 90.3. The molecule has 3 aliphatic rings. The number of aromatic amines is 1. The number of alkyl halides is 6. The van der Waals surface area contributed by atoms with E-state index in [0.29, 0.717) is 6.54 Å². The summed E-state index contributed by atoms with van der Waals surface area (Å²) in [4.78, 5) is 18.7. The number of allylic oxidation sites excluding steroid dienone is 1. The Hall–Kier alpha value is -3.46. The lowest BCUT2D eigenvalue weighted by atomic mass is 9.98. The topological polar surface area (TPSA) is 112 Å². The van der Waals surface area contributed by atoms with E-state index in [1.54, 1.807) is 0 Å². The Morgan fingerprint density at radius 1 is 1.18 bits per heavy atom. The van der Waals surface area contributed by atoms with Gasteiger partial charge < -0.3 is 25.1 Å². The summed E-state index contributed by atoms with van der Waals surface area (Å²) in [6.45, 7) is -1.04. The van der Waals surface area contributed by atoms with Crippen molar-refractivity contribution in [1.82, 2.24) is 20.9 Å². The predicted molar refractivity (Wildman–Crippen MR) is 130 cm³/mol. The smallest absolute Gasteiger partial charge is 0.422 e. The van der Waals surface area contributed by atoms with Crippen molar-refractivity contribution >= 4 is 28.4 Å². The third kappa shape index (κ3) is 5.93. The molecule has 2 atom stereocenters. The van der Waals surface area contributed by atoms with Crippen LogP contribution in [0.15, 0.2) is 35.1 Å². The second-order valence-electron chi connectivity index (χ2n) is 9.75. The van der Waals surface area contributed by atoms with E-state index in [1.165, 1.54) is 18.3 Å². The van der Waals surface area contributed by atoms with Gasteiger partial charge in [0.1, 0.15) is 0 Å². The van der Waals surface area contributed by atoms with Gasteiger partial charge in [-0.25, -0.2) is 9.79 Å². The number of hydrogen-bond donors (Lipinski definition) is 5. The van der Waals surface area contributed by atoms with Crippen LogP contribution in [0.2, 0.25) is 0 Å². The summed E-state index contributed by atoms with van der Waals surface area (Å²) in [7, 11) is 1.06. The number of nitrogens with one attached hydrogen (secondary N) is 5. The lowest BCUT2D eigenvalue weighted by molar-refractivity contribution is -0.153. The molecule has 0 radical (unpaired) electrons. The maximum atomic E-state index is 14.0. The van der Waals surface area contributed by atoms with Crippen LogP contribution in [0.3, 0.4) is 0 Å². The van der Waals surface area contributed by atoms with E-state index in [4.69, 9.17) is 4.74 Å². The van der Waals surface area contributed by atoms with Gasteiger partial charge >= 0.3 is 18.4 Å². The van der Waals surface area contributed by atoms with Gasteiger partial charge in [-0.05, 0) is 37.8 Å². The third-order valence-corrected chi connectivity index (χ3v) is 7.01. The SMILES string of the molecule is COC(=O)Nc1ccc2c(C3=NC(NC4CCC5(CC5)NC4)NC=C3C(F)(F)F)c[nH]c2c1OCC(F)(F)F. The first-order chi connectivity index (χ1) is 18.4. The maximum Gasteiger partial charge on any atom is 0.422 e. The van der Waals surface area contributed by atoms with E-state index in [2.05, 4.69) is 36.0 Å². The number of carbonyl (C=O) groups excluding carboxylic acids is 1. The predicted octanol–water partition coefficient (Wildman–Crippen LogP) is 4.28. The van der Waals surface area contributed by atoms with Crippen molar-refractivity contribution in [3.8, 4) is 5.75 Å². The number of H-pyrrole nitrogens is 1. The van der Waals surface area contributed by atoms with Gasteiger partial charge in [-0.15, -0.1) is 0 Å². The zero-order chi connectivity index (χ0) is 28.0. The molecule has 1 amide bonds. The van der Waals surface area contributed by atoms with Gasteiger partial charge in [0.05, 0.1) is 29.6 Å². The van der Waals surface area contributed by atoms with Crippen LogP contribution in [0.1, 0.15) is 31.2 Å². The molecule has 9 nitrogen and oxygen atoms in total. The molecule has 1 saturated carbocycles. The highest BCUT2D eigenvalue weighted by atomic mass is 19.4. The first-order valence-corrected chi connectivity index (χ1v) is 12.2. The number of piperidine rings is 1. The first kappa shape index (κ1) is 27.1. The Bertz CT molecular complexity index is 1300. The molecule has 1 saturated heterocycles. The molecule has 1 aromatic carbocycles. The van der Waals surface area contributed by atoms with Crippen molar-refractivity contribution in [2.24, 2.45) is 4.99 Å². The average molecular weight is 560 g/mol. The molecule has 5 N–H and O–H groups in total. The molecule has 5 rings (SSSR count). The second kappa shape index (κ2) is 9.93. The van der Waals surface area contributed by atoms with Crippen LogP contribution in [0.25, 0.3) is 10.9 Å². The quantitative estimate of drug-likeness (QED) is 0.338. The summed E-state index contributed by atoms with van der Waals surface area (Å²) in [5.41, 5.74) is -1.46. The van der Waals surface area contributed by atoms with Crippen molar-refractivity contribution in [3.63, 3.8) is 0 Å². The number of rotatable bonds is 6. The van der Waals surface area contributed by atoms with Crippen molar-refractivity contribution in [3.05, 3.63) is 35.7 Å². The summed E-state index contributed by atoms with van der Waals surface area (Å²) in [5.74, 6) is -0.412. The van der Waals surface area contributed by atoms with Gasteiger partial charge in [0, 0.05) is 41.5 Å². The highest BCUT2D eigenvalue weighted by Gasteiger charge is 2.45. The molecule has 212 valence electrons. The largest absolute Gasteiger partial charge is 0.480 e. The number of halogens is 6. The van der Waals surface area contributed by atoms with Crippen LogP contribution in [-0.2, 0) is 4.74 Å². The normalized spacial score (nSPS) is 22.6. The van der Waals surface area contributed by atoms with Gasteiger partial charge in [-0.3, -0.25) is 10.6 Å². The molecule has 1 aliphatic carbocycles. The van der Waals surface area contributed by atoms with E-state index in [-0.39, 0.29) is 33.7 Å². The number of hydrogen-bond acceptors (Lipinski definition) is 7. The van der Waals surface area contributed by atoms with Crippen LogP contribution in [0.4, 0.5) is 36.8 Å². The van der Waals surface area contributed by atoms with Crippen molar-refractivity contribution in [2.45, 2.75) is 55.9 Å². The standard InChI is InChI=1S/C24H26F6N6O3/c1-38-21(37)35-16-3-2-13-14(9-31-18(13)19(16)39-11-23(25,26)27)17-15(24(28,29)30)10-32-20(36-17)34-12-4-5-22(6-7-22)33-8-12/h2-3,9-10,12,20,31-34H,4-8,11H2,1H3,(H,35,37). The van der Waals surface area contributed by atoms with Gasteiger partial charge in [0.15, 0.2) is 18.6 Å². The van der Waals surface area contributed by atoms with E-state index < -0.39 is 48.4 Å². The lowest BCUT2D eigenvalue weighted by Gasteiger charge is -2.33. The monoisotopic (exact) mass is 560 g/mol. The molecular formula is C24H26F6N6O3. The van der Waals surface area contributed by atoms with Crippen LogP contribution < -0.4 is 26.0 Å². The molecule has 1 aromatic heterocycles. The van der Waals surface area contributed by atoms with Gasteiger partial charge in [-0.2, -0.15) is 26.3 Å². The molecule has 2 aliphatic heterocycles. The van der Waals surface area contributed by atoms with Gasteiger partial charge in [0.25, 0.3) is 0 Å². The average Bonchev–Trinajstić information content (AvgIpc) is 3.49. The Morgan fingerprint density at radius 2 is 1.95 bits per heavy atom. The summed E-state index contributed by atoms with van der Waals surface area (Å²) >= 11 is 0. The van der Waals surface area contributed by atoms with E-state index >= 15 is 0 Å². The molecule has 3 heterocycles. The minimum Gasteiger partial charge on any atom is -0.480 e. The number of aromatic nitrogens is 1. The Labute approximate surface area is 218 Å². The number of nitrogens with zero attached hydrogens (tertiary/aromatic N) is 1. The number of amides is 1. The highest BCUT2D eigenvalue weighted by Crippen LogP contribution is 2.42. The molecule has 0 bridgehead atoms. The number of carbonyl (C=O) groups is 1. The molecule has 2 unspecified atom stereocenters. The van der Waals surface area contributed by atoms with E-state index in [9.17, 15) is 31.1 Å². The van der Waals surface area contributed by atoms with Gasteiger partial charge in [0.2, 0.25) is 0 Å². The van der Waals surface area contributed by atoms with Crippen LogP contribution in [0.5, 0.6) is 5.75 Å². The number of benzene rings is 1.